The summed E-state index contributed by atoms with van der Waals surface area (Å²) in [5, 5.41) is 11.9. The number of hydrogen-bond acceptors (Lipinski definition) is 6. The van der Waals surface area contributed by atoms with Gasteiger partial charge in [0.25, 0.3) is 10.2 Å². The number of nitrogens with zero attached hydrogens (tertiary/aromatic N) is 3. The van der Waals surface area contributed by atoms with Gasteiger partial charge in [0.15, 0.2) is 11.5 Å². The average Bonchev–Trinajstić information content (AvgIpc) is 2.88. The first-order valence-electron chi connectivity index (χ1n) is 5.64. The van der Waals surface area contributed by atoms with Crippen LogP contribution in [-0.4, -0.2) is 24.6 Å². The van der Waals surface area contributed by atoms with Gasteiger partial charge in [-0.15, -0.1) is 0 Å². The highest BCUT2D eigenvalue weighted by Gasteiger charge is 2.15. The summed E-state index contributed by atoms with van der Waals surface area (Å²) in [7, 11) is -3.90. The predicted molar refractivity (Wildman–Crippen MR) is 78.7 cm³/mol. The Balaban J connectivity index is 2.25. The van der Waals surface area contributed by atoms with E-state index in [-0.39, 0.29) is 28.2 Å². The summed E-state index contributed by atoms with van der Waals surface area (Å²) in [6.45, 7) is -0.263. The maximum atomic E-state index is 13.1. The lowest BCUT2D eigenvalue weighted by Gasteiger charge is -2.01. The number of aromatic nitrogens is 2. The summed E-state index contributed by atoms with van der Waals surface area (Å²) in [6, 6.07) is 4.03. The first kappa shape index (κ1) is 16.5. The number of nitrogens with one attached hydrogen (secondary N) is 1. The molecule has 1 heterocycles. The maximum absolute atomic E-state index is 13.1. The van der Waals surface area contributed by atoms with Gasteiger partial charge in [0.1, 0.15) is 11.5 Å². The fourth-order valence-electron chi connectivity index (χ4n) is 1.43. The van der Waals surface area contributed by atoms with Crippen molar-refractivity contribution in [2.24, 2.45) is 15.9 Å². The third kappa shape index (κ3) is 4.30. The van der Waals surface area contributed by atoms with Crippen LogP contribution in [0.5, 0.6) is 0 Å². The van der Waals surface area contributed by atoms with Gasteiger partial charge in [-0.25, -0.2) is 19.2 Å². The molecule has 118 valence electrons. The van der Waals surface area contributed by atoms with E-state index in [9.17, 15) is 12.8 Å². The zero-order chi connectivity index (χ0) is 16.3. The van der Waals surface area contributed by atoms with E-state index in [0.29, 0.717) is 5.69 Å². The van der Waals surface area contributed by atoms with Gasteiger partial charge in [0, 0.05) is 0 Å². The van der Waals surface area contributed by atoms with Crippen LogP contribution in [0, 0.1) is 5.82 Å². The van der Waals surface area contributed by atoms with Gasteiger partial charge in [-0.3, -0.25) is 0 Å². The Labute approximate surface area is 132 Å². The molecule has 0 aliphatic carbocycles. The molecule has 1 aromatic carbocycles. The number of nitrogens with two attached hydrogens (primary N) is 2. The normalized spacial score (nSPS) is 12.6. The Morgan fingerprint density at radius 1 is 1.45 bits per heavy atom. The minimum absolute atomic E-state index is 0.0524. The van der Waals surface area contributed by atoms with Crippen molar-refractivity contribution in [3.05, 3.63) is 39.9 Å². The number of aliphatic imine (C=N–C) groups is 1. The first-order chi connectivity index (χ1) is 10.3. The van der Waals surface area contributed by atoms with E-state index in [0.717, 1.165) is 0 Å². The number of rotatable bonds is 5. The van der Waals surface area contributed by atoms with Crippen molar-refractivity contribution >= 4 is 37.7 Å². The van der Waals surface area contributed by atoms with E-state index in [2.05, 4.69) is 35.9 Å². The van der Waals surface area contributed by atoms with Crippen LogP contribution < -0.4 is 15.6 Å². The van der Waals surface area contributed by atoms with Gasteiger partial charge >= 0.3 is 0 Å². The fourth-order valence-corrected chi connectivity index (χ4v) is 2.14. The molecule has 5 N–H and O–H groups in total. The molecule has 0 fully saturated rings. The molecule has 2 rings (SSSR count). The van der Waals surface area contributed by atoms with E-state index in [1.54, 1.807) is 0 Å². The highest BCUT2D eigenvalue weighted by Crippen LogP contribution is 2.22. The summed E-state index contributed by atoms with van der Waals surface area (Å²) in [6.07, 6.45) is 0. The van der Waals surface area contributed by atoms with Gasteiger partial charge in [-0.1, -0.05) is 5.16 Å². The van der Waals surface area contributed by atoms with Crippen molar-refractivity contribution in [1.82, 2.24) is 15.0 Å². The highest BCUT2D eigenvalue weighted by atomic mass is 79.9. The van der Waals surface area contributed by atoms with Crippen LogP contribution in [0.15, 0.2) is 32.3 Å². The van der Waals surface area contributed by atoms with Crippen molar-refractivity contribution in [2.75, 3.05) is 0 Å². The Morgan fingerprint density at radius 2 is 2.18 bits per heavy atom. The SMILES string of the molecule is NC(=Nc1ccc(F)c(Br)c1)c1nonc1CNS(N)(=O)=O. The smallest absolute Gasteiger partial charge is 0.274 e. The van der Waals surface area contributed by atoms with Gasteiger partial charge in [-0.2, -0.15) is 13.1 Å². The maximum Gasteiger partial charge on any atom is 0.274 e. The molecule has 0 aliphatic heterocycles. The zero-order valence-corrected chi connectivity index (χ0v) is 13.2. The molecule has 0 saturated carbocycles. The summed E-state index contributed by atoms with van der Waals surface area (Å²) in [5.41, 5.74) is 6.29. The van der Waals surface area contributed by atoms with Crippen molar-refractivity contribution in [3.8, 4) is 0 Å². The van der Waals surface area contributed by atoms with Gasteiger partial charge in [0.2, 0.25) is 0 Å². The molecule has 2 aromatic rings. The third-order valence-corrected chi connectivity index (χ3v) is 3.55. The molecule has 0 amide bonds. The molecule has 0 spiro atoms. The summed E-state index contributed by atoms with van der Waals surface area (Å²) in [5.74, 6) is -0.523. The van der Waals surface area contributed by atoms with Crippen LogP contribution >= 0.6 is 15.9 Å². The molecule has 12 heteroatoms. The zero-order valence-electron chi connectivity index (χ0n) is 10.8. The van der Waals surface area contributed by atoms with Crippen molar-refractivity contribution in [3.63, 3.8) is 0 Å². The monoisotopic (exact) mass is 392 g/mol. The molecule has 0 saturated heterocycles. The summed E-state index contributed by atoms with van der Waals surface area (Å²) >= 11 is 3.02. The molecule has 0 radical (unpaired) electrons. The van der Waals surface area contributed by atoms with E-state index >= 15 is 0 Å². The predicted octanol–water partition coefficient (Wildman–Crippen LogP) is 0.301. The van der Waals surface area contributed by atoms with Crippen LogP contribution in [0.1, 0.15) is 11.4 Å². The standard InChI is InChI=1S/C10H10BrFN6O3S/c11-6-3-5(1-2-7(6)12)16-10(13)9-8(17-21-18-9)4-15-22(14,19)20/h1-3,15H,4H2,(H2,13,16)(H2,14,19,20). The summed E-state index contributed by atoms with van der Waals surface area (Å²) in [4.78, 5) is 4.04. The second kappa shape index (κ2) is 6.48. The van der Waals surface area contributed by atoms with Crippen LogP contribution in [-0.2, 0) is 16.8 Å². The van der Waals surface area contributed by atoms with Gasteiger partial charge < -0.3 is 5.73 Å². The van der Waals surface area contributed by atoms with Gasteiger partial charge in [0.05, 0.1) is 16.7 Å². The van der Waals surface area contributed by atoms with E-state index in [1.807, 2.05) is 4.72 Å². The molecular weight excluding hydrogens is 383 g/mol. The lowest BCUT2D eigenvalue weighted by Crippen LogP contribution is -2.31. The largest absolute Gasteiger partial charge is 0.382 e. The van der Waals surface area contributed by atoms with Crippen molar-refractivity contribution < 1.29 is 17.4 Å². The lowest BCUT2D eigenvalue weighted by atomic mass is 10.3. The second-order valence-electron chi connectivity index (χ2n) is 4.02. The Hall–Kier alpha value is -1.89. The minimum atomic E-state index is -3.90. The van der Waals surface area contributed by atoms with E-state index < -0.39 is 16.0 Å². The lowest BCUT2D eigenvalue weighted by molar-refractivity contribution is 0.302. The van der Waals surface area contributed by atoms with E-state index in [4.69, 9.17) is 10.9 Å². The van der Waals surface area contributed by atoms with Crippen molar-refractivity contribution in [2.45, 2.75) is 6.54 Å². The Kier molecular flexibility index (Phi) is 4.85. The molecule has 0 bridgehead atoms. The molecule has 22 heavy (non-hydrogen) atoms. The number of hydrogen-bond donors (Lipinski definition) is 3. The molecular formula is C10H10BrFN6O3S. The van der Waals surface area contributed by atoms with E-state index in [1.165, 1.54) is 18.2 Å². The Morgan fingerprint density at radius 3 is 2.82 bits per heavy atom. The van der Waals surface area contributed by atoms with Gasteiger partial charge in [-0.05, 0) is 39.3 Å². The van der Waals surface area contributed by atoms with Crippen LogP contribution in [0.3, 0.4) is 0 Å². The first-order valence-corrected chi connectivity index (χ1v) is 7.98. The second-order valence-corrected chi connectivity index (χ2v) is 6.25. The molecule has 9 nitrogen and oxygen atoms in total. The average molecular weight is 393 g/mol. The van der Waals surface area contributed by atoms with Crippen molar-refractivity contribution in [1.29, 1.82) is 0 Å². The number of amidine groups is 1. The van der Waals surface area contributed by atoms with Crippen LogP contribution in [0.2, 0.25) is 0 Å². The quantitative estimate of drug-likeness (QED) is 0.491. The minimum Gasteiger partial charge on any atom is -0.382 e. The number of halogens is 2. The number of benzene rings is 1. The molecule has 0 unspecified atom stereocenters. The molecule has 0 aliphatic rings. The topological polar surface area (TPSA) is 149 Å². The highest BCUT2D eigenvalue weighted by molar-refractivity contribution is 9.10. The Bertz CT molecular complexity index is 822. The molecule has 1 aromatic heterocycles. The summed E-state index contributed by atoms with van der Waals surface area (Å²) < 4.78 is 41.6. The third-order valence-electron chi connectivity index (χ3n) is 2.39. The fraction of sp³-hybridized carbons (Fsp3) is 0.100. The van der Waals surface area contributed by atoms with Crippen LogP contribution in [0.25, 0.3) is 0 Å². The molecule has 0 atom stereocenters. The van der Waals surface area contributed by atoms with Crippen LogP contribution in [0.4, 0.5) is 10.1 Å².